The average molecular weight is 430 g/mol. The molecule has 0 bridgehead atoms. The van der Waals surface area contributed by atoms with Gasteiger partial charge in [0.15, 0.2) is 0 Å². The van der Waals surface area contributed by atoms with E-state index in [1.54, 1.807) is 11.8 Å². The van der Waals surface area contributed by atoms with Crippen LogP contribution in [0.25, 0.3) is 0 Å². The number of thioether (sulfide) groups is 1. The minimum absolute atomic E-state index is 0. The van der Waals surface area contributed by atoms with E-state index in [4.69, 9.17) is 0 Å². The third kappa shape index (κ3) is 6.23. The van der Waals surface area contributed by atoms with Crippen molar-refractivity contribution < 1.29 is 17.1 Å². The summed E-state index contributed by atoms with van der Waals surface area (Å²) >= 11 is 0.118. The summed E-state index contributed by atoms with van der Waals surface area (Å²) in [5.41, 5.74) is 0. The van der Waals surface area contributed by atoms with Crippen LogP contribution in [0.15, 0.2) is 91.0 Å². The molecule has 23 heavy (non-hydrogen) atoms. The van der Waals surface area contributed by atoms with E-state index in [9.17, 15) is 0 Å². The van der Waals surface area contributed by atoms with E-state index in [0.717, 1.165) is 0 Å². The molecule has 0 saturated carbocycles. The van der Waals surface area contributed by atoms with E-state index in [1.165, 1.54) is 13.2 Å². The van der Waals surface area contributed by atoms with Gasteiger partial charge in [-0.05, 0) is 12.5 Å². The molecule has 0 heterocycles. The zero-order valence-corrected chi connectivity index (χ0v) is 17.2. The Morgan fingerprint density at radius 3 is 0.957 bits per heavy atom. The fourth-order valence-corrected chi connectivity index (χ4v) is 7.72. The molecular formula is C20H21CuGeS. The average Bonchev–Trinajstić information content (AvgIpc) is 2.59. The molecule has 0 unspecified atom stereocenters. The Labute approximate surface area is 159 Å². The van der Waals surface area contributed by atoms with Crippen molar-refractivity contribution in [3.05, 3.63) is 91.0 Å². The quantitative estimate of drug-likeness (QED) is 0.577. The van der Waals surface area contributed by atoms with Crippen molar-refractivity contribution in [2.45, 2.75) is 0 Å². The van der Waals surface area contributed by atoms with Crippen LogP contribution >= 0.6 is 11.8 Å². The van der Waals surface area contributed by atoms with E-state index >= 15 is 0 Å². The van der Waals surface area contributed by atoms with Gasteiger partial charge in [0, 0.05) is 17.1 Å². The van der Waals surface area contributed by atoms with Gasteiger partial charge in [0.1, 0.15) is 0 Å². The van der Waals surface area contributed by atoms with Crippen molar-refractivity contribution >= 4 is 39.3 Å². The summed E-state index contributed by atoms with van der Waals surface area (Å²) in [5.74, 6) is 0. The van der Waals surface area contributed by atoms with Crippen molar-refractivity contribution in [1.29, 1.82) is 0 Å². The molecular weight excluding hydrogens is 408 g/mol. The van der Waals surface area contributed by atoms with E-state index in [0.29, 0.717) is 0 Å². The van der Waals surface area contributed by atoms with Crippen LogP contribution in [0.4, 0.5) is 0 Å². The van der Waals surface area contributed by atoms with Crippen LogP contribution in [0.5, 0.6) is 0 Å². The first-order valence-corrected chi connectivity index (χ1v) is 12.1. The first-order chi connectivity index (χ1) is 10.9. The fraction of sp³-hybridized carbons (Fsp3) is 0.100. The second-order valence-corrected chi connectivity index (χ2v) is 10.9. The zero-order valence-electron chi connectivity index (χ0n) is 13.4. The molecule has 0 N–H and O–H groups in total. The topological polar surface area (TPSA) is 0 Å². The van der Waals surface area contributed by atoms with Gasteiger partial charge in [-0.3, -0.25) is 0 Å². The van der Waals surface area contributed by atoms with Gasteiger partial charge in [0.25, 0.3) is 0 Å². The summed E-state index contributed by atoms with van der Waals surface area (Å²) < 4.78 is 4.50. The molecule has 3 aromatic rings. The summed E-state index contributed by atoms with van der Waals surface area (Å²) in [6.07, 6.45) is 4.08. The summed E-state index contributed by atoms with van der Waals surface area (Å²) in [6, 6.07) is 32.8. The van der Waals surface area contributed by atoms with Crippen LogP contribution in [0, 0.1) is 0 Å². The molecule has 0 aliphatic rings. The first-order valence-electron chi connectivity index (χ1n) is 7.30. The summed E-state index contributed by atoms with van der Waals surface area (Å²) in [5, 5.41) is 0. The number of hydrogen-bond donors (Lipinski definition) is 0. The van der Waals surface area contributed by atoms with Crippen LogP contribution in [0.1, 0.15) is 0 Å². The molecule has 3 rings (SSSR count). The third-order valence-corrected chi connectivity index (χ3v) is 8.92. The molecule has 122 valence electrons. The maximum atomic E-state index is 2.27. The molecule has 2 radical (unpaired) electrons. The summed E-state index contributed by atoms with van der Waals surface area (Å²) in [7, 11) is 0. The maximum absolute atomic E-state index is 2.27. The van der Waals surface area contributed by atoms with E-state index in [-0.39, 0.29) is 17.1 Å². The van der Waals surface area contributed by atoms with E-state index in [2.05, 4.69) is 91.0 Å². The fourth-order valence-electron chi connectivity index (χ4n) is 2.31. The first kappa shape index (κ1) is 20.1. The van der Waals surface area contributed by atoms with Crippen LogP contribution in [-0.4, -0.2) is 26.9 Å². The van der Waals surface area contributed by atoms with E-state index < -0.39 is 14.3 Å². The van der Waals surface area contributed by atoms with Crippen LogP contribution < -0.4 is 13.2 Å². The molecule has 3 aromatic carbocycles. The predicted molar refractivity (Wildman–Crippen MR) is 103 cm³/mol. The molecule has 0 aliphatic heterocycles. The van der Waals surface area contributed by atoms with Gasteiger partial charge < -0.3 is 0 Å². The Morgan fingerprint density at radius 1 is 0.522 bits per heavy atom. The van der Waals surface area contributed by atoms with E-state index in [1.807, 2.05) is 12.5 Å². The second-order valence-electron chi connectivity index (χ2n) is 4.88. The van der Waals surface area contributed by atoms with Crippen LogP contribution in [-0.2, 0) is 17.1 Å². The standard InChI is InChI=1S/C18H15Ge.C2H6S.Cu/c1-4-10-16(11-5-1)19(17-12-6-2-7-13-17)18-14-8-3-9-15-18;1-3-2;/h1-15H;1-2H3;. The van der Waals surface area contributed by atoms with Gasteiger partial charge in [-0.15, -0.1) is 0 Å². The zero-order chi connectivity index (χ0) is 15.6. The van der Waals surface area contributed by atoms with Crippen LogP contribution in [0.3, 0.4) is 0 Å². The molecule has 0 atom stereocenters. The summed E-state index contributed by atoms with van der Waals surface area (Å²) in [4.78, 5) is 0. The van der Waals surface area contributed by atoms with Gasteiger partial charge >= 0.3 is 119 Å². The van der Waals surface area contributed by atoms with Crippen molar-refractivity contribution in [2.24, 2.45) is 0 Å². The second kappa shape index (κ2) is 11.6. The van der Waals surface area contributed by atoms with Crippen molar-refractivity contribution in [1.82, 2.24) is 0 Å². The number of benzene rings is 3. The monoisotopic (exact) mass is 430 g/mol. The molecule has 0 aliphatic carbocycles. The molecule has 0 amide bonds. The van der Waals surface area contributed by atoms with Crippen LogP contribution in [0.2, 0.25) is 0 Å². The molecule has 0 spiro atoms. The minimum atomic E-state index is -1.63. The Bertz CT molecular complexity index is 550. The van der Waals surface area contributed by atoms with Gasteiger partial charge in [0.2, 0.25) is 0 Å². The number of rotatable bonds is 3. The van der Waals surface area contributed by atoms with Crippen molar-refractivity contribution in [2.75, 3.05) is 12.5 Å². The SMILES string of the molecule is CSC.[Cu].c1cc[c]([Ge]([c]2ccccc2)[c]2ccccc2)cc1. The summed E-state index contributed by atoms with van der Waals surface area (Å²) in [6.45, 7) is 0. The van der Waals surface area contributed by atoms with Crippen molar-refractivity contribution in [3.8, 4) is 0 Å². The molecule has 0 aromatic heterocycles. The Morgan fingerprint density at radius 2 is 0.739 bits per heavy atom. The van der Waals surface area contributed by atoms with Gasteiger partial charge in [-0.25, -0.2) is 0 Å². The third-order valence-electron chi connectivity index (χ3n) is 3.19. The number of hydrogen-bond acceptors (Lipinski definition) is 1. The van der Waals surface area contributed by atoms with Gasteiger partial charge in [0.05, 0.1) is 0 Å². The molecule has 0 nitrogen and oxygen atoms in total. The predicted octanol–water partition coefficient (Wildman–Crippen LogP) is 3.18. The van der Waals surface area contributed by atoms with Gasteiger partial charge in [-0.2, -0.15) is 11.8 Å². The van der Waals surface area contributed by atoms with Crippen molar-refractivity contribution in [3.63, 3.8) is 0 Å². The Kier molecular flexibility index (Phi) is 10.1. The Balaban J connectivity index is 0.000000615. The normalized spacial score (nSPS) is 9.52. The molecule has 3 heteroatoms. The van der Waals surface area contributed by atoms with Gasteiger partial charge in [-0.1, -0.05) is 0 Å². The molecule has 0 saturated heterocycles. The molecule has 0 fully saturated rings. The Hall–Kier alpha value is -0.928.